The number of hydrogen-bond acceptors (Lipinski definition) is 6. The predicted octanol–water partition coefficient (Wildman–Crippen LogP) is 4.29. The lowest BCUT2D eigenvalue weighted by Crippen LogP contribution is -2.29. The van der Waals surface area contributed by atoms with E-state index in [1.165, 1.54) is 4.68 Å². The third-order valence-electron chi connectivity index (χ3n) is 5.88. The maximum absolute atomic E-state index is 13.2. The molecule has 1 aromatic carbocycles. The van der Waals surface area contributed by atoms with Crippen LogP contribution in [0.1, 0.15) is 58.3 Å². The molecule has 0 unspecified atom stereocenters. The fourth-order valence-electron chi connectivity index (χ4n) is 4.09. The van der Waals surface area contributed by atoms with Crippen LogP contribution in [-0.4, -0.2) is 32.2 Å². The minimum Gasteiger partial charge on any atom is -0.467 e. The lowest BCUT2D eigenvalue weighted by atomic mass is 10.1. The smallest absolute Gasteiger partial charge is 0.360 e. The van der Waals surface area contributed by atoms with E-state index in [2.05, 4.69) is 5.10 Å². The van der Waals surface area contributed by atoms with Gasteiger partial charge in [-0.25, -0.2) is 9.48 Å². The van der Waals surface area contributed by atoms with Crippen LogP contribution >= 0.6 is 0 Å². The van der Waals surface area contributed by atoms with E-state index in [4.69, 9.17) is 9.15 Å². The maximum atomic E-state index is 13.2. The molecule has 34 heavy (non-hydrogen) atoms. The molecular weight excluding hydrogens is 434 g/mol. The van der Waals surface area contributed by atoms with E-state index < -0.39 is 12.1 Å². The third-order valence-corrected chi connectivity index (χ3v) is 5.88. The summed E-state index contributed by atoms with van der Waals surface area (Å²) in [6.07, 6.45) is 1.26. The van der Waals surface area contributed by atoms with Crippen LogP contribution in [-0.2, 0) is 17.8 Å². The van der Waals surface area contributed by atoms with Crippen molar-refractivity contribution in [2.75, 3.05) is 0 Å². The molecule has 8 heteroatoms. The van der Waals surface area contributed by atoms with Crippen molar-refractivity contribution < 1.29 is 18.7 Å². The highest BCUT2D eigenvalue weighted by molar-refractivity contribution is 6.05. The molecule has 8 nitrogen and oxygen atoms in total. The number of esters is 1. The standard InChI is InChI=1S/C26H27N3O5/c1-5-12-29-25(31)21-11-7-6-10-20(21)23(27-29)26(32)34-18(4)24(30)22-14-16(2)28(17(22)3)15-19-9-8-13-33-19/h6-11,13-14,18H,5,12,15H2,1-4H3/t18-/m1/s1. The summed E-state index contributed by atoms with van der Waals surface area (Å²) in [6, 6.07) is 12.3. The summed E-state index contributed by atoms with van der Waals surface area (Å²) in [7, 11) is 0. The molecular formula is C26H27N3O5. The first-order chi connectivity index (χ1) is 16.3. The van der Waals surface area contributed by atoms with Crippen molar-refractivity contribution in [1.82, 2.24) is 14.3 Å². The Labute approximate surface area is 196 Å². The largest absolute Gasteiger partial charge is 0.467 e. The summed E-state index contributed by atoms with van der Waals surface area (Å²) in [5.74, 6) is -0.273. The van der Waals surface area contributed by atoms with Crippen molar-refractivity contribution >= 4 is 22.5 Å². The van der Waals surface area contributed by atoms with Crippen LogP contribution in [0.4, 0.5) is 0 Å². The van der Waals surface area contributed by atoms with Gasteiger partial charge in [0.2, 0.25) is 5.78 Å². The van der Waals surface area contributed by atoms with Gasteiger partial charge in [-0.3, -0.25) is 9.59 Å². The molecule has 3 heterocycles. The van der Waals surface area contributed by atoms with E-state index in [9.17, 15) is 14.4 Å². The molecule has 0 bridgehead atoms. The number of furan rings is 1. The van der Waals surface area contributed by atoms with Crippen LogP contribution in [0.3, 0.4) is 0 Å². The number of Topliss-reactive ketones (excluding diaryl/α,β-unsaturated/α-hetero) is 1. The van der Waals surface area contributed by atoms with E-state index in [0.717, 1.165) is 17.1 Å². The lowest BCUT2D eigenvalue weighted by Gasteiger charge is -2.14. The summed E-state index contributed by atoms with van der Waals surface area (Å²) in [4.78, 5) is 38.9. The summed E-state index contributed by atoms with van der Waals surface area (Å²) in [5, 5.41) is 5.05. The first-order valence-electron chi connectivity index (χ1n) is 11.3. The van der Waals surface area contributed by atoms with Crippen molar-refractivity contribution in [2.24, 2.45) is 0 Å². The highest BCUT2D eigenvalue weighted by Crippen LogP contribution is 2.21. The minimum atomic E-state index is -1.03. The van der Waals surface area contributed by atoms with Gasteiger partial charge in [0, 0.05) is 28.9 Å². The number of aryl methyl sites for hydroxylation is 2. The number of fused-ring (bicyclic) bond motifs is 1. The molecule has 3 aromatic heterocycles. The molecule has 176 valence electrons. The molecule has 0 aliphatic carbocycles. The fourth-order valence-corrected chi connectivity index (χ4v) is 4.09. The van der Waals surface area contributed by atoms with Gasteiger partial charge < -0.3 is 13.7 Å². The number of hydrogen-bond donors (Lipinski definition) is 0. The highest BCUT2D eigenvalue weighted by atomic mass is 16.5. The van der Waals surface area contributed by atoms with Crippen LogP contribution in [0.5, 0.6) is 0 Å². The second kappa shape index (κ2) is 9.51. The number of benzene rings is 1. The Morgan fingerprint density at radius 3 is 2.53 bits per heavy atom. The van der Waals surface area contributed by atoms with E-state index in [1.807, 2.05) is 37.5 Å². The lowest BCUT2D eigenvalue weighted by molar-refractivity contribution is 0.0312. The molecule has 0 radical (unpaired) electrons. The Balaban J connectivity index is 1.60. The van der Waals surface area contributed by atoms with E-state index in [1.54, 1.807) is 43.5 Å². The number of nitrogens with zero attached hydrogens (tertiary/aromatic N) is 3. The molecule has 0 saturated carbocycles. The Bertz CT molecular complexity index is 1410. The molecule has 0 saturated heterocycles. The minimum absolute atomic E-state index is 0.0200. The summed E-state index contributed by atoms with van der Waals surface area (Å²) in [6.45, 7) is 8.11. The highest BCUT2D eigenvalue weighted by Gasteiger charge is 2.26. The van der Waals surface area contributed by atoms with Crippen LogP contribution in [0, 0.1) is 13.8 Å². The first-order valence-corrected chi connectivity index (χ1v) is 11.3. The molecule has 0 spiro atoms. The second-order valence-corrected chi connectivity index (χ2v) is 8.28. The van der Waals surface area contributed by atoms with Gasteiger partial charge in [-0.2, -0.15) is 5.10 Å². The van der Waals surface area contributed by atoms with Crippen molar-refractivity contribution in [3.05, 3.63) is 87.5 Å². The van der Waals surface area contributed by atoms with Gasteiger partial charge in [-0.05, 0) is 51.5 Å². The van der Waals surface area contributed by atoms with Crippen LogP contribution < -0.4 is 5.56 Å². The molecule has 1 atom stereocenters. The van der Waals surface area contributed by atoms with Crippen molar-refractivity contribution in [1.29, 1.82) is 0 Å². The molecule has 0 amide bonds. The van der Waals surface area contributed by atoms with Crippen molar-refractivity contribution in [2.45, 2.75) is 53.3 Å². The molecule has 4 aromatic rings. The quantitative estimate of drug-likeness (QED) is 0.287. The average Bonchev–Trinajstić information content (AvgIpc) is 3.44. The normalized spacial score (nSPS) is 12.1. The number of aromatic nitrogens is 3. The summed E-state index contributed by atoms with van der Waals surface area (Å²) >= 11 is 0. The SMILES string of the molecule is CCCn1nc(C(=O)O[C@H](C)C(=O)c2cc(C)n(Cc3ccco3)c2C)c2ccccc2c1=O. The zero-order valence-corrected chi connectivity index (χ0v) is 19.7. The number of ether oxygens (including phenoxy) is 1. The average molecular weight is 462 g/mol. The molecule has 4 rings (SSSR count). The van der Waals surface area contributed by atoms with Crippen LogP contribution in [0.2, 0.25) is 0 Å². The fraction of sp³-hybridized carbons (Fsp3) is 0.308. The molecule has 0 aliphatic heterocycles. The van der Waals surface area contributed by atoms with Gasteiger partial charge in [0.05, 0.1) is 18.2 Å². The molecule has 0 N–H and O–H groups in total. The predicted molar refractivity (Wildman–Crippen MR) is 127 cm³/mol. The van der Waals surface area contributed by atoms with Crippen LogP contribution in [0.15, 0.2) is 57.9 Å². The number of rotatable bonds is 8. The Morgan fingerprint density at radius 1 is 1.12 bits per heavy atom. The van der Waals surface area contributed by atoms with E-state index >= 15 is 0 Å². The van der Waals surface area contributed by atoms with Crippen molar-refractivity contribution in [3.8, 4) is 0 Å². The summed E-state index contributed by atoms with van der Waals surface area (Å²) in [5.41, 5.74) is 1.91. The zero-order valence-electron chi connectivity index (χ0n) is 19.7. The molecule has 0 aliphatic rings. The van der Waals surface area contributed by atoms with Crippen molar-refractivity contribution in [3.63, 3.8) is 0 Å². The van der Waals surface area contributed by atoms with Gasteiger partial charge in [0.1, 0.15) is 5.76 Å². The van der Waals surface area contributed by atoms with Gasteiger partial charge in [-0.15, -0.1) is 0 Å². The number of carbonyl (C=O) groups excluding carboxylic acids is 2. The monoisotopic (exact) mass is 461 g/mol. The van der Waals surface area contributed by atoms with E-state index in [-0.39, 0.29) is 17.0 Å². The van der Waals surface area contributed by atoms with Gasteiger partial charge in [-0.1, -0.05) is 25.1 Å². The van der Waals surface area contributed by atoms with Crippen LogP contribution in [0.25, 0.3) is 10.8 Å². The molecule has 0 fully saturated rings. The Morgan fingerprint density at radius 2 is 1.85 bits per heavy atom. The van der Waals surface area contributed by atoms with Gasteiger partial charge in [0.25, 0.3) is 5.56 Å². The maximum Gasteiger partial charge on any atom is 0.360 e. The second-order valence-electron chi connectivity index (χ2n) is 8.28. The number of ketones is 1. The van der Waals surface area contributed by atoms with Gasteiger partial charge >= 0.3 is 5.97 Å². The first kappa shape index (κ1) is 23.2. The zero-order chi connectivity index (χ0) is 24.4. The topological polar surface area (TPSA) is 96.3 Å². The van der Waals surface area contributed by atoms with Gasteiger partial charge in [0.15, 0.2) is 11.8 Å². The Hall–Kier alpha value is -3.94. The number of carbonyl (C=O) groups is 2. The summed E-state index contributed by atoms with van der Waals surface area (Å²) < 4.78 is 14.2. The Kier molecular flexibility index (Phi) is 6.49. The third kappa shape index (κ3) is 4.31. The van der Waals surface area contributed by atoms with E-state index in [0.29, 0.717) is 35.8 Å².